The molecular weight excluding hydrogens is 321 g/mol. The number of hydrogen-bond acceptors (Lipinski definition) is 5. The zero-order chi connectivity index (χ0) is 17.8. The Hall–Kier alpha value is -2.73. The van der Waals surface area contributed by atoms with Crippen LogP contribution in [0.25, 0.3) is 22.3 Å². The molecule has 0 aliphatic carbocycles. The molecule has 1 heterocycles. The van der Waals surface area contributed by atoms with Crippen LogP contribution in [0, 0.1) is 5.82 Å². The molecule has 0 amide bonds. The molecule has 0 radical (unpaired) electrons. The number of rotatable bonds is 6. The summed E-state index contributed by atoms with van der Waals surface area (Å²) in [5, 5.41) is 10.8. The molecule has 1 N–H and O–H groups in total. The van der Waals surface area contributed by atoms with Crippen molar-refractivity contribution in [1.82, 2.24) is 9.97 Å². The lowest BCUT2D eigenvalue weighted by atomic mass is 10.1. The number of methoxy groups -OCH3 is 1. The number of halogens is 1. The molecule has 5 nitrogen and oxygen atoms in total. The molecule has 0 saturated heterocycles. The first-order valence-corrected chi connectivity index (χ1v) is 8.13. The molecule has 1 aromatic heterocycles. The van der Waals surface area contributed by atoms with E-state index in [1.807, 2.05) is 17.9 Å². The summed E-state index contributed by atoms with van der Waals surface area (Å²) in [5.41, 5.74) is 1.17. The third-order valence-electron chi connectivity index (χ3n) is 4.03. The minimum atomic E-state index is -0.338. The Bertz CT molecular complexity index is 886. The zero-order valence-corrected chi connectivity index (χ0v) is 14.2. The standard InChI is InChI=1S/C19H20FN3O2/c1-3-23(10-11-25-2)19-15-12-13(20)8-9-16(15)21-18(22-19)14-6-4-5-7-17(14)24/h4-9,12,24H,3,10-11H2,1-2H3. The van der Waals surface area contributed by atoms with Crippen LogP contribution >= 0.6 is 0 Å². The summed E-state index contributed by atoms with van der Waals surface area (Å²) in [7, 11) is 1.64. The lowest BCUT2D eigenvalue weighted by molar-refractivity contribution is 0.205. The summed E-state index contributed by atoms with van der Waals surface area (Å²) >= 11 is 0. The fraction of sp³-hybridized carbons (Fsp3) is 0.263. The smallest absolute Gasteiger partial charge is 0.165 e. The van der Waals surface area contributed by atoms with Crippen molar-refractivity contribution in [2.45, 2.75) is 6.92 Å². The molecule has 0 aliphatic heterocycles. The van der Waals surface area contributed by atoms with Crippen LogP contribution in [-0.4, -0.2) is 41.9 Å². The van der Waals surface area contributed by atoms with Gasteiger partial charge < -0.3 is 14.7 Å². The second kappa shape index (κ2) is 7.44. The zero-order valence-electron chi connectivity index (χ0n) is 14.2. The molecule has 0 bridgehead atoms. The van der Waals surface area contributed by atoms with E-state index >= 15 is 0 Å². The molecular formula is C19H20FN3O2. The molecule has 0 spiro atoms. The van der Waals surface area contributed by atoms with Crippen LogP contribution in [0.1, 0.15) is 6.92 Å². The Morgan fingerprint density at radius 3 is 2.68 bits per heavy atom. The molecule has 0 aliphatic rings. The summed E-state index contributed by atoms with van der Waals surface area (Å²) in [6.07, 6.45) is 0. The van der Waals surface area contributed by atoms with Crippen molar-refractivity contribution >= 4 is 16.7 Å². The minimum absolute atomic E-state index is 0.106. The summed E-state index contributed by atoms with van der Waals surface area (Å²) in [6.45, 7) is 3.84. The Labute approximate surface area is 145 Å². The van der Waals surface area contributed by atoms with Gasteiger partial charge in [-0.05, 0) is 37.3 Å². The third kappa shape index (κ3) is 3.53. The highest BCUT2D eigenvalue weighted by Gasteiger charge is 2.16. The van der Waals surface area contributed by atoms with Crippen molar-refractivity contribution in [3.05, 3.63) is 48.3 Å². The third-order valence-corrected chi connectivity index (χ3v) is 4.03. The van der Waals surface area contributed by atoms with E-state index in [4.69, 9.17) is 4.74 Å². The lowest BCUT2D eigenvalue weighted by Gasteiger charge is -2.23. The molecule has 0 unspecified atom stereocenters. The summed E-state index contributed by atoms with van der Waals surface area (Å²) in [4.78, 5) is 11.1. The van der Waals surface area contributed by atoms with E-state index < -0.39 is 0 Å². The molecule has 3 rings (SSSR count). The number of hydrogen-bond donors (Lipinski definition) is 1. The van der Waals surface area contributed by atoms with Gasteiger partial charge in [0.05, 0.1) is 17.7 Å². The van der Waals surface area contributed by atoms with Crippen LogP contribution in [0.3, 0.4) is 0 Å². The topological polar surface area (TPSA) is 58.5 Å². The Morgan fingerprint density at radius 1 is 1.16 bits per heavy atom. The number of ether oxygens (including phenoxy) is 1. The van der Waals surface area contributed by atoms with E-state index in [9.17, 15) is 9.50 Å². The van der Waals surface area contributed by atoms with Crippen molar-refractivity contribution in [1.29, 1.82) is 0 Å². The maximum absolute atomic E-state index is 13.8. The van der Waals surface area contributed by atoms with Crippen molar-refractivity contribution in [2.24, 2.45) is 0 Å². The van der Waals surface area contributed by atoms with Crippen molar-refractivity contribution in [2.75, 3.05) is 31.7 Å². The monoisotopic (exact) mass is 341 g/mol. The second-order valence-electron chi connectivity index (χ2n) is 5.62. The summed E-state index contributed by atoms with van der Waals surface area (Å²) in [6, 6.07) is 11.4. The van der Waals surface area contributed by atoms with E-state index in [1.165, 1.54) is 12.1 Å². The van der Waals surface area contributed by atoms with Gasteiger partial charge in [-0.3, -0.25) is 0 Å². The quantitative estimate of drug-likeness (QED) is 0.742. The molecule has 0 saturated carbocycles. The predicted octanol–water partition coefficient (Wildman–Crippen LogP) is 3.61. The highest BCUT2D eigenvalue weighted by molar-refractivity contribution is 5.91. The van der Waals surface area contributed by atoms with E-state index in [0.717, 1.165) is 0 Å². The molecule has 6 heteroatoms. The lowest BCUT2D eigenvalue weighted by Crippen LogP contribution is -2.28. The van der Waals surface area contributed by atoms with Gasteiger partial charge in [0, 0.05) is 25.6 Å². The average molecular weight is 341 g/mol. The average Bonchev–Trinajstić information content (AvgIpc) is 2.62. The SMILES string of the molecule is CCN(CCOC)c1nc(-c2ccccc2O)nc2ccc(F)cc12. The maximum atomic E-state index is 13.8. The van der Waals surface area contributed by atoms with Gasteiger partial charge in [0.1, 0.15) is 17.4 Å². The van der Waals surface area contributed by atoms with Crippen LogP contribution in [0.15, 0.2) is 42.5 Å². The van der Waals surface area contributed by atoms with E-state index in [2.05, 4.69) is 9.97 Å². The highest BCUT2D eigenvalue weighted by atomic mass is 19.1. The first-order chi connectivity index (χ1) is 12.1. The fourth-order valence-electron chi connectivity index (χ4n) is 2.72. The molecule has 130 valence electrons. The van der Waals surface area contributed by atoms with E-state index in [0.29, 0.717) is 47.8 Å². The Morgan fingerprint density at radius 2 is 1.96 bits per heavy atom. The number of para-hydroxylation sites is 1. The molecule has 0 fully saturated rings. The number of phenols is 1. The molecule has 0 atom stereocenters. The van der Waals surface area contributed by atoms with Crippen LogP contribution < -0.4 is 4.90 Å². The van der Waals surface area contributed by atoms with Gasteiger partial charge in [-0.15, -0.1) is 0 Å². The van der Waals surface area contributed by atoms with Gasteiger partial charge in [0.15, 0.2) is 5.82 Å². The summed E-state index contributed by atoms with van der Waals surface area (Å²) < 4.78 is 19.0. The van der Waals surface area contributed by atoms with Crippen LogP contribution in [-0.2, 0) is 4.74 Å². The number of phenolic OH excluding ortho intramolecular Hbond substituents is 1. The van der Waals surface area contributed by atoms with E-state index in [-0.39, 0.29) is 11.6 Å². The van der Waals surface area contributed by atoms with Gasteiger partial charge in [0.25, 0.3) is 0 Å². The maximum Gasteiger partial charge on any atom is 0.165 e. The molecule has 3 aromatic rings. The fourth-order valence-corrected chi connectivity index (χ4v) is 2.72. The largest absolute Gasteiger partial charge is 0.507 e. The Balaban J connectivity index is 2.21. The summed E-state index contributed by atoms with van der Waals surface area (Å²) in [5.74, 6) is 0.802. The minimum Gasteiger partial charge on any atom is -0.507 e. The molecule has 2 aromatic carbocycles. The van der Waals surface area contributed by atoms with Crippen LogP contribution in [0.5, 0.6) is 5.75 Å². The number of likely N-dealkylation sites (N-methyl/N-ethyl adjacent to an activating group) is 1. The Kier molecular flexibility index (Phi) is 5.09. The van der Waals surface area contributed by atoms with Crippen LogP contribution in [0.4, 0.5) is 10.2 Å². The molecule has 25 heavy (non-hydrogen) atoms. The highest BCUT2D eigenvalue weighted by Crippen LogP contribution is 2.31. The number of fused-ring (bicyclic) bond motifs is 1. The second-order valence-corrected chi connectivity index (χ2v) is 5.62. The van der Waals surface area contributed by atoms with Gasteiger partial charge in [-0.25, -0.2) is 14.4 Å². The van der Waals surface area contributed by atoms with Crippen molar-refractivity contribution in [3.63, 3.8) is 0 Å². The van der Waals surface area contributed by atoms with Crippen molar-refractivity contribution in [3.8, 4) is 17.1 Å². The number of anilines is 1. The first kappa shape index (κ1) is 17.1. The van der Waals surface area contributed by atoms with Gasteiger partial charge in [0.2, 0.25) is 0 Å². The van der Waals surface area contributed by atoms with Crippen LogP contribution in [0.2, 0.25) is 0 Å². The number of nitrogens with zero attached hydrogens (tertiary/aromatic N) is 3. The van der Waals surface area contributed by atoms with Gasteiger partial charge in [-0.1, -0.05) is 12.1 Å². The number of aromatic nitrogens is 2. The normalized spacial score (nSPS) is 11.0. The number of aromatic hydroxyl groups is 1. The number of benzene rings is 2. The van der Waals surface area contributed by atoms with Crippen molar-refractivity contribution < 1.29 is 14.2 Å². The van der Waals surface area contributed by atoms with E-state index in [1.54, 1.807) is 31.4 Å². The van der Waals surface area contributed by atoms with Gasteiger partial charge in [-0.2, -0.15) is 0 Å². The van der Waals surface area contributed by atoms with Gasteiger partial charge >= 0.3 is 0 Å². The first-order valence-electron chi connectivity index (χ1n) is 8.13. The predicted molar refractivity (Wildman–Crippen MR) is 96.4 cm³/mol.